The summed E-state index contributed by atoms with van der Waals surface area (Å²) in [6.07, 6.45) is 0. The van der Waals surface area contributed by atoms with Gasteiger partial charge in [0.1, 0.15) is 18.1 Å². The Morgan fingerprint density at radius 1 is 1.17 bits per heavy atom. The van der Waals surface area contributed by atoms with E-state index in [0.29, 0.717) is 10.8 Å². The minimum absolute atomic E-state index is 0.101. The molecule has 0 amide bonds. The first-order valence-electron chi connectivity index (χ1n) is 6.71. The Bertz CT molecular complexity index is 695. The minimum atomic E-state index is -2.98. The average molecular weight is 422 g/mol. The largest absolute Gasteiger partial charge is 0.482 e. The van der Waals surface area contributed by atoms with Crippen molar-refractivity contribution in [2.75, 3.05) is 6.61 Å². The average Bonchev–Trinajstić information content (AvgIpc) is 2.54. The van der Waals surface area contributed by atoms with Gasteiger partial charge >= 0.3 is 12.6 Å². The van der Waals surface area contributed by atoms with Gasteiger partial charge in [0.15, 0.2) is 6.61 Å². The Morgan fingerprint density at radius 3 is 2.54 bits per heavy atom. The predicted octanol–water partition coefficient (Wildman–Crippen LogP) is 4.83. The van der Waals surface area contributed by atoms with Gasteiger partial charge in [0, 0.05) is 15.1 Å². The van der Waals surface area contributed by atoms with E-state index in [2.05, 4.69) is 20.7 Å². The highest BCUT2D eigenvalue weighted by Crippen LogP contribution is 2.25. The lowest BCUT2D eigenvalue weighted by molar-refractivity contribution is -0.147. The zero-order valence-corrected chi connectivity index (χ0v) is 14.5. The molecule has 128 valence electrons. The second-order valence-electron chi connectivity index (χ2n) is 4.53. The molecule has 0 unspecified atom stereocenters. The first kappa shape index (κ1) is 18.5. The summed E-state index contributed by atoms with van der Waals surface area (Å²) in [6, 6.07) is 11.0. The molecule has 0 heterocycles. The number of benzene rings is 2. The zero-order chi connectivity index (χ0) is 17.5. The summed E-state index contributed by atoms with van der Waals surface area (Å²) in [5.74, 6) is -0.253. The molecule has 0 saturated heterocycles. The molecule has 0 radical (unpaired) electrons. The van der Waals surface area contributed by atoms with Crippen molar-refractivity contribution in [2.24, 2.45) is 0 Å². The van der Waals surface area contributed by atoms with Crippen molar-refractivity contribution in [3.63, 3.8) is 0 Å². The number of alkyl halides is 2. The van der Waals surface area contributed by atoms with Crippen molar-refractivity contribution in [3.8, 4) is 11.5 Å². The molecule has 0 N–H and O–H groups in total. The number of hydrogen-bond donors (Lipinski definition) is 0. The van der Waals surface area contributed by atoms with Crippen molar-refractivity contribution >= 4 is 33.5 Å². The summed E-state index contributed by atoms with van der Waals surface area (Å²) in [5, 5.41) is 0.314. The van der Waals surface area contributed by atoms with Crippen LogP contribution < -0.4 is 9.47 Å². The highest BCUT2D eigenvalue weighted by atomic mass is 79.9. The molecule has 24 heavy (non-hydrogen) atoms. The maximum absolute atomic E-state index is 12.4. The van der Waals surface area contributed by atoms with Crippen molar-refractivity contribution < 1.29 is 27.8 Å². The van der Waals surface area contributed by atoms with Gasteiger partial charge in [-0.1, -0.05) is 27.5 Å². The van der Waals surface area contributed by atoms with Crippen molar-refractivity contribution in [1.29, 1.82) is 0 Å². The summed E-state index contributed by atoms with van der Waals surface area (Å²) in [7, 11) is 0. The molecule has 0 aromatic heterocycles. The third-order valence-corrected chi connectivity index (χ3v) is 3.56. The SMILES string of the molecule is O=C(COc1ccc(Br)cc1)OCc1cc(Cl)ccc1OC(F)F. The highest BCUT2D eigenvalue weighted by molar-refractivity contribution is 9.10. The van der Waals surface area contributed by atoms with Crippen molar-refractivity contribution in [3.05, 3.63) is 57.5 Å². The highest BCUT2D eigenvalue weighted by Gasteiger charge is 2.13. The summed E-state index contributed by atoms with van der Waals surface area (Å²) in [4.78, 5) is 11.7. The first-order valence-corrected chi connectivity index (χ1v) is 7.88. The second-order valence-corrected chi connectivity index (χ2v) is 5.89. The normalized spacial score (nSPS) is 10.5. The van der Waals surface area contributed by atoms with Crippen LogP contribution in [-0.4, -0.2) is 19.2 Å². The number of carbonyl (C=O) groups is 1. The Hall–Kier alpha value is -1.86. The van der Waals surface area contributed by atoms with Crippen LogP contribution in [0, 0.1) is 0 Å². The quantitative estimate of drug-likeness (QED) is 0.601. The molecular formula is C16H12BrClF2O4. The lowest BCUT2D eigenvalue weighted by atomic mass is 10.2. The van der Waals surface area contributed by atoms with Crippen LogP contribution in [0.3, 0.4) is 0 Å². The monoisotopic (exact) mass is 420 g/mol. The predicted molar refractivity (Wildman–Crippen MR) is 87.5 cm³/mol. The fourth-order valence-electron chi connectivity index (χ4n) is 1.74. The summed E-state index contributed by atoms with van der Waals surface area (Å²) in [6.45, 7) is -3.56. The molecule has 0 saturated carbocycles. The van der Waals surface area contributed by atoms with Crippen LogP contribution >= 0.6 is 27.5 Å². The standard InChI is InChI=1S/C16H12BrClF2O4/c17-11-1-4-13(5-2-11)22-9-15(21)23-8-10-7-12(18)3-6-14(10)24-16(19)20/h1-7,16H,8-9H2. The number of halogens is 4. The molecule has 2 aromatic carbocycles. The Morgan fingerprint density at radius 2 is 1.88 bits per heavy atom. The first-order chi connectivity index (χ1) is 11.4. The lowest BCUT2D eigenvalue weighted by Crippen LogP contribution is -2.15. The fourth-order valence-corrected chi connectivity index (χ4v) is 2.20. The molecule has 0 fully saturated rings. The fraction of sp³-hybridized carbons (Fsp3) is 0.188. The molecule has 8 heteroatoms. The minimum Gasteiger partial charge on any atom is -0.482 e. The molecule has 0 spiro atoms. The number of ether oxygens (including phenoxy) is 3. The van der Waals surface area contributed by atoms with E-state index in [-0.39, 0.29) is 24.5 Å². The molecule has 0 aliphatic rings. The topological polar surface area (TPSA) is 44.8 Å². The van der Waals surface area contributed by atoms with Crippen LogP contribution in [0.5, 0.6) is 11.5 Å². The van der Waals surface area contributed by atoms with Gasteiger partial charge in [-0.05, 0) is 42.5 Å². The van der Waals surface area contributed by atoms with Gasteiger partial charge in [-0.25, -0.2) is 4.79 Å². The van der Waals surface area contributed by atoms with Gasteiger partial charge in [-0.3, -0.25) is 0 Å². The third-order valence-electron chi connectivity index (χ3n) is 2.80. The van der Waals surface area contributed by atoms with Crippen LogP contribution in [0.25, 0.3) is 0 Å². The zero-order valence-electron chi connectivity index (χ0n) is 12.2. The van der Waals surface area contributed by atoms with Crippen LogP contribution in [0.2, 0.25) is 5.02 Å². The molecule has 0 aliphatic carbocycles. The Kier molecular flexibility index (Phi) is 6.81. The number of rotatable bonds is 7. The van der Waals surface area contributed by atoms with E-state index in [9.17, 15) is 13.6 Å². The van der Waals surface area contributed by atoms with Gasteiger partial charge in [0.25, 0.3) is 0 Å². The van der Waals surface area contributed by atoms with Crippen LogP contribution in [0.1, 0.15) is 5.56 Å². The van der Waals surface area contributed by atoms with E-state index < -0.39 is 12.6 Å². The maximum atomic E-state index is 12.4. The van der Waals surface area contributed by atoms with Gasteiger partial charge in [0.2, 0.25) is 0 Å². The van der Waals surface area contributed by atoms with Gasteiger partial charge in [0.05, 0.1) is 0 Å². The van der Waals surface area contributed by atoms with Gasteiger partial charge in [-0.2, -0.15) is 8.78 Å². The summed E-state index contributed by atoms with van der Waals surface area (Å²) in [5.41, 5.74) is 0.236. The van der Waals surface area contributed by atoms with Crippen LogP contribution in [0.15, 0.2) is 46.9 Å². The van der Waals surface area contributed by atoms with E-state index in [0.717, 1.165) is 4.47 Å². The number of esters is 1. The third kappa shape index (κ3) is 5.98. The van der Waals surface area contributed by atoms with Crippen molar-refractivity contribution in [1.82, 2.24) is 0 Å². The molecule has 4 nitrogen and oxygen atoms in total. The second kappa shape index (κ2) is 8.84. The van der Waals surface area contributed by atoms with E-state index in [4.69, 9.17) is 21.1 Å². The van der Waals surface area contributed by atoms with Crippen LogP contribution in [0.4, 0.5) is 8.78 Å². The molecule has 0 bridgehead atoms. The maximum Gasteiger partial charge on any atom is 0.387 e. The van der Waals surface area contributed by atoms with Crippen LogP contribution in [-0.2, 0) is 16.1 Å². The number of hydrogen-bond acceptors (Lipinski definition) is 4. The smallest absolute Gasteiger partial charge is 0.387 e. The van der Waals surface area contributed by atoms with E-state index in [1.54, 1.807) is 24.3 Å². The summed E-state index contributed by atoms with van der Waals surface area (Å²) >= 11 is 9.09. The van der Waals surface area contributed by atoms with E-state index in [1.165, 1.54) is 18.2 Å². The van der Waals surface area contributed by atoms with Gasteiger partial charge < -0.3 is 14.2 Å². The Balaban J connectivity index is 1.89. The summed E-state index contributed by atoms with van der Waals surface area (Å²) < 4.78 is 40.2. The lowest BCUT2D eigenvalue weighted by Gasteiger charge is -2.12. The molecule has 2 rings (SSSR count). The molecule has 2 aromatic rings. The van der Waals surface area contributed by atoms with E-state index >= 15 is 0 Å². The molecular weight excluding hydrogens is 410 g/mol. The molecule has 0 aliphatic heterocycles. The number of carbonyl (C=O) groups excluding carboxylic acids is 1. The van der Waals surface area contributed by atoms with Gasteiger partial charge in [-0.15, -0.1) is 0 Å². The van der Waals surface area contributed by atoms with E-state index in [1.807, 2.05) is 0 Å². The van der Waals surface area contributed by atoms with Crippen molar-refractivity contribution in [2.45, 2.75) is 13.2 Å². The Labute approximate surface area is 150 Å². The molecule has 0 atom stereocenters.